The first-order valence-electron chi connectivity index (χ1n) is 12.5. The maximum absolute atomic E-state index is 14.7. The molecule has 2 heterocycles. The van der Waals surface area contributed by atoms with Crippen molar-refractivity contribution >= 4 is 5.69 Å². The zero-order valence-electron chi connectivity index (χ0n) is 20.8. The molecule has 1 aliphatic heterocycles. The quantitative estimate of drug-likeness (QED) is 0.358. The van der Waals surface area contributed by atoms with Crippen LogP contribution in [0.2, 0.25) is 0 Å². The van der Waals surface area contributed by atoms with Crippen LogP contribution in [-0.4, -0.2) is 50.4 Å². The van der Waals surface area contributed by atoms with Crippen molar-refractivity contribution < 1.29 is 13.9 Å². The Bertz CT molecular complexity index is 1390. The Balaban J connectivity index is 1.21. The molecule has 1 atom stereocenters. The number of nitriles is 1. The molecule has 0 radical (unpaired) electrons. The second-order valence-electron chi connectivity index (χ2n) is 9.71. The molecule has 0 aliphatic carbocycles. The maximum Gasteiger partial charge on any atom is 0.137 e. The van der Waals surface area contributed by atoms with Crippen molar-refractivity contribution in [2.75, 3.05) is 25.0 Å². The Morgan fingerprint density at radius 1 is 0.974 bits per heavy atom. The summed E-state index contributed by atoms with van der Waals surface area (Å²) in [5.41, 5.74) is 2.23. The van der Waals surface area contributed by atoms with Gasteiger partial charge in [-0.05, 0) is 54.3 Å². The van der Waals surface area contributed by atoms with Gasteiger partial charge in [0.25, 0.3) is 0 Å². The zero-order chi connectivity index (χ0) is 26.5. The van der Waals surface area contributed by atoms with Gasteiger partial charge in [-0.1, -0.05) is 30.3 Å². The highest BCUT2D eigenvalue weighted by molar-refractivity contribution is 5.66. The fraction of sp³-hybridized carbons (Fsp3) is 0.276. The number of β-amino-alcohol motifs (C(OH)–C–C–N with tert-alkyl or cyclic N) is 1. The van der Waals surface area contributed by atoms with E-state index in [1.54, 1.807) is 0 Å². The van der Waals surface area contributed by atoms with Crippen LogP contribution in [0.15, 0.2) is 79.4 Å². The lowest BCUT2D eigenvalue weighted by Gasteiger charge is -2.38. The van der Waals surface area contributed by atoms with Crippen molar-refractivity contribution in [2.45, 2.75) is 31.0 Å². The number of halogens is 2. The van der Waals surface area contributed by atoms with Crippen molar-refractivity contribution in [3.8, 4) is 17.2 Å². The third-order valence-corrected chi connectivity index (χ3v) is 7.00. The van der Waals surface area contributed by atoms with E-state index in [9.17, 15) is 13.9 Å². The highest BCUT2D eigenvalue weighted by Gasteiger charge is 2.36. The van der Waals surface area contributed by atoms with Gasteiger partial charge in [-0.15, -0.1) is 0 Å². The van der Waals surface area contributed by atoms with E-state index in [1.807, 2.05) is 36.4 Å². The summed E-state index contributed by atoms with van der Waals surface area (Å²) in [6.45, 7) is 1.60. The van der Waals surface area contributed by atoms with Crippen LogP contribution in [0.1, 0.15) is 24.0 Å². The van der Waals surface area contributed by atoms with E-state index >= 15 is 0 Å². The lowest BCUT2D eigenvalue weighted by atomic mass is 9.91. The first kappa shape index (κ1) is 25.5. The van der Waals surface area contributed by atoms with E-state index in [0.29, 0.717) is 18.7 Å². The van der Waals surface area contributed by atoms with Crippen molar-refractivity contribution in [2.24, 2.45) is 0 Å². The molecule has 3 aromatic carbocycles. The van der Waals surface area contributed by atoms with E-state index in [2.05, 4.69) is 38.5 Å². The van der Waals surface area contributed by atoms with E-state index in [-0.39, 0.29) is 24.7 Å². The molecular formula is C29H28F2N6O. The van der Waals surface area contributed by atoms with Gasteiger partial charge in [-0.2, -0.15) is 10.4 Å². The molecule has 4 aromatic rings. The van der Waals surface area contributed by atoms with Crippen molar-refractivity contribution in [1.29, 1.82) is 5.26 Å². The van der Waals surface area contributed by atoms with Gasteiger partial charge in [0.15, 0.2) is 0 Å². The van der Waals surface area contributed by atoms with Gasteiger partial charge in [0.2, 0.25) is 0 Å². The summed E-state index contributed by atoms with van der Waals surface area (Å²) in [5.74, 6) is -1.47. The molecule has 1 aromatic heterocycles. The van der Waals surface area contributed by atoms with E-state index in [4.69, 9.17) is 5.26 Å². The van der Waals surface area contributed by atoms with Crippen LogP contribution in [-0.2, 0) is 12.1 Å². The third kappa shape index (κ3) is 5.88. The number of benzene rings is 3. The Hall–Kier alpha value is -4.13. The van der Waals surface area contributed by atoms with Gasteiger partial charge >= 0.3 is 0 Å². The second-order valence-corrected chi connectivity index (χ2v) is 9.71. The van der Waals surface area contributed by atoms with Gasteiger partial charge < -0.3 is 10.4 Å². The topological polar surface area (TPSA) is 90.0 Å². The number of hydrogen-bond acceptors (Lipinski definition) is 6. The third-order valence-electron chi connectivity index (χ3n) is 7.00. The minimum absolute atomic E-state index is 0.000676. The number of nitrogens with zero attached hydrogens (tertiary/aromatic N) is 5. The molecule has 5 rings (SSSR count). The number of aromatic nitrogens is 3. The van der Waals surface area contributed by atoms with Crippen LogP contribution < -0.4 is 5.32 Å². The number of likely N-dealkylation sites (tertiary alicyclic amines) is 1. The highest BCUT2D eigenvalue weighted by atomic mass is 19.1. The van der Waals surface area contributed by atoms with Crippen molar-refractivity contribution in [3.63, 3.8) is 0 Å². The standard InChI is InChI=1S/C29H28F2N6O/c30-24-7-10-27(28(31)15-24)29(38,18-37-20-33-19-34-37)17-36-13-11-26(12-14-36)35-25-8-5-23(6-9-25)22-3-1-21(16-32)2-4-22/h1-10,15,19-20,26,35,38H,11-14,17-18H2. The Morgan fingerprint density at radius 2 is 1.66 bits per heavy atom. The first-order valence-corrected chi connectivity index (χ1v) is 12.5. The molecule has 0 saturated carbocycles. The largest absolute Gasteiger partial charge is 0.382 e. The summed E-state index contributed by atoms with van der Waals surface area (Å²) in [7, 11) is 0. The highest BCUT2D eigenvalue weighted by Crippen LogP contribution is 2.30. The second kappa shape index (κ2) is 11.1. The first-order chi connectivity index (χ1) is 18.4. The van der Waals surface area contributed by atoms with E-state index in [1.165, 1.54) is 23.4 Å². The van der Waals surface area contributed by atoms with Gasteiger partial charge in [-0.3, -0.25) is 4.90 Å². The van der Waals surface area contributed by atoms with Crippen LogP contribution in [0.3, 0.4) is 0 Å². The summed E-state index contributed by atoms with van der Waals surface area (Å²) >= 11 is 0. The van der Waals surface area contributed by atoms with E-state index < -0.39 is 17.2 Å². The Morgan fingerprint density at radius 3 is 2.26 bits per heavy atom. The molecule has 7 nitrogen and oxygen atoms in total. The average Bonchev–Trinajstić information content (AvgIpc) is 3.43. The summed E-state index contributed by atoms with van der Waals surface area (Å²) in [5, 5.41) is 28.2. The maximum atomic E-state index is 14.7. The lowest BCUT2D eigenvalue weighted by Crippen LogP contribution is -2.48. The predicted octanol–water partition coefficient (Wildman–Crippen LogP) is 4.56. The average molecular weight is 515 g/mol. The molecule has 1 saturated heterocycles. The number of rotatable bonds is 8. The minimum atomic E-state index is -1.60. The fourth-order valence-electron chi connectivity index (χ4n) is 5.01. The van der Waals surface area contributed by atoms with Crippen molar-refractivity contribution in [1.82, 2.24) is 19.7 Å². The molecule has 38 heavy (non-hydrogen) atoms. The van der Waals surface area contributed by atoms with Gasteiger partial charge in [0, 0.05) is 43.0 Å². The summed E-state index contributed by atoms with van der Waals surface area (Å²) in [6, 6.07) is 21.4. The number of nitrogens with one attached hydrogen (secondary N) is 1. The SMILES string of the molecule is N#Cc1ccc(-c2ccc(NC3CCN(CC(O)(Cn4cncn4)c4ccc(F)cc4F)CC3)cc2)cc1. The summed E-state index contributed by atoms with van der Waals surface area (Å²) in [4.78, 5) is 6.02. The number of piperidine rings is 1. The molecule has 0 bridgehead atoms. The Labute approximate surface area is 220 Å². The fourth-order valence-corrected chi connectivity index (χ4v) is 5.01. The van der Waals surface area contributed by atoms with Crippen LogP contribution in [0.5, 0.6) is 0 Å². The normalized spacial score (nSPS) is 16.1. The number of anilines is 1. The number of aliphatic hydroxyl groups is 1. The van der Waals surface area contributed by atoms with Crippen LogP contribution >= 0.6 is 0 Å². The summed E-state index contributed by atoms with van der Waals surface area (Å²) < 4.78 is 29.7. The van der Waals surface area contributed by atoms with Gasteiger partial charge in [-0.25, -0.2) is 18.4 Å². The van der Waals surface area contributed by atoms with Gasteiger partial charge in [0.05, 0.1) is 18.2 Å². The van der Waals surface area contributed by atoms with Gasteiger partial charge in [0.1, 0.15) is 29.9 Å². The minimum Gasteiger partial charge on any atom is -0.382 e. The molecule has 2 N–H and O–H groups in total. The molecule has 1 aliphatic rings. The monoisotopic (exact) mass is 514 g/mol. The Kier molecular flexibility index (Phi) is 7.45. The predicted molar refractivity (Wildman–Crippen MR) is 140 cm³/mol. The molecule has 194 valence electrons. The molecular weight excluding hydrogens is 486 g/mol. The zero-order valence-corrected chi connectivity index (χ0v) is 20.8. The molecule has 1 fully saturated rings. The van der Waals surface area contributed by atoms with Crippen LogP contribution in [0.25, 0.3) is 11.1 Å². The molecule has 0 amide bonds. The van der Waals surface area contributed by atoms with Crippen LogP contribution in [0, 0.1) is 23.0 Å². The lowest BCUT2D eigenvalue weighted by molar-refractivity contribution is -0.0260. The molecule has 9 heteroatoms. The summed E-state index contributed by atoms with van der Waals surface area (Å²) in [6.07, 6.45) is 4.52. The molecule has 0 spiro atoms. The van der Waals surface area contributed by atoms with Crippen LogP contribution in [0.4, 0.5) is 14.5 Å². The van der Waals surface area contributed by atoms with E-state index in [0.717, 1.165) is 41.8 Å². The molecule has 1 unspecified atom stereocenters. The number of hydrogen-bond donors (Lipinski definition) is 2. The smallest absolute Gasteiger partial charge is 0.137 e. The van der Waals surface area contributed by atoms with Crippen molar-refractivity contribution in [3.05, 3.63) is 102 Å².